The largest absolute Gasteiger partial charge is 0.362 e. The number of aromatic nitrogens is 2. The number of halogens is 1. The van der Waals surface area contributed by atoms with E-state index < -0.39 is 0 Å². The predicted octanol–water partition coefficient (Wildman–Crippen LogP) is 2.93. The summed E-state index contributed by atoms with van der Waals surface area (Å²) in [5.74, 6) is 1.92. The fourth-order valence-corrected chi connectivity index (χ4v) is 1.97. The van der Waals surface area contributed by atoms with Crippen molar-refractivity contribution in [3.05, 3.63) is 48.2 Å². The standard InChI is InChI=1S/C14H17ClN4/c1-19(2)14-16-9-8-13(18-14)17-12(10-15)11-6-4-3-5-7-11/h3-9,12H,10H2,1-2H3,(H,16,17,18). The maximum Gasteiger partial charge on any atom is 0.226 e. The highest BCUT2D eigenvalue weighted by Gasteiger charge is 2.11. The SMILES string of the molecule is CN(C)c1nccc(NC(CCl)c2ccccc2)n1. The first-order valence-corrected chi connectivity index (χ1v) is 6.62. The Kier molecular flexibility index (Phi) is 4.58. The third-order valence-electron chi connectivity index (χ3n) is 2.72. The van der Waals surface area contributed by atoms with Crippen LogP contribution in [0.4, 0.5) is 11.8 Å². The van der Waals surface area contributed by atoms with Gasteiger partial charge in [-0.1, -0.05) is 30.3 Å². The van der Waals surface area contributed by atoms with Crippen LogP contribution in [0.3, 0.4) is 0 Å². The molecule has 4 nitrogen and oxygen atoms in total. The summed E-state index contributed by atoms with van der Waals surface area (Å²) < 4.78 is 0. The summed E-state index contributed by atoms with van der Waals surface area (Å²) in [6, 6.07) is 12.0. The molecule has 100 valence electrons. The minimum absolute atomic E-state index is 0.0350. The zero-order chi connectivity index (χ0) is 13.7. The average Bonchev–Trinajstić information content (AvgIpc) is 2.46. The lowest BCUT2D eigenvalue weighted by Crippen LogP contribution is -2.16. The van der Waals surface area contributed by atoms with Crippen LogP contribution < -0.4 is 10.2 Å². The van der Waals surface area contributed by atoms with E-state index in [9.17, 15) is 0 Å². The van der Waals surface area contributed by atoms with Crippen molar-refractivity contribution in [2.24, 2.45) is 0 Å². The molecular formula is C14H17ClN4. The Balaban J connectivity index is 2.17. The van der Waals surface area contributed by atoms with Crippen LogP contribution in [0.25, 0.3) is 0 Å². The molecule has 2 aromatic rings. The number of hydrogen-bond acceptors (Lipinski definition) is 4. The van der Waals surface area contributed by atoms with Crippen molar-refractivity contribution in [3.63, 3.8) is 0 Å². The number of alkyl halides is 1. The van der Waals surface area contributed by atoms with Crippen LogP contribution in [0.2, 0.25) is 0 Å². The molecule has 0 aliphatic carbocycles. The molecule has 0 bridgehead atoms. The molecule has 0 aliphatic rings. The highest BCUT2D eigenvalue weighted by molar-refractivity contribution is 6.18. The molecule has 19 heavy (non-hydrogen) atoms. The van der Waals surface area contributed by atoms with E-state index in [-0.39, 0.29) is 6.04 Å². The van der Waals surface area contributed by atoms with Gasteiger partial charge in [-0.15, -0.1) is 11.6 Å². The van der Waals surface area contributed by atoms with E-state index >= 15 is 0 Å². The Hall–Kier alpha value is -1.81. The first kappa shape index (κ1) is 13.6. The molecule has 0 saturated carbocycles. The molecule has 0 amide bonds. The lowest BCUT2D eigenvalue weighted by atomic mass is 10.1. The second kappa shape index (κ2) is 6.38. The van der Waals surface area contributed by atoms with E-state index in [2.05, 4.69) is 15.3 Å². The maximum atomic E-state index is 6.04. The van der Waals surface area contributed by atoms with E-state index in [1.165, 1.54) is 0 Å². The van der Waals surface area contributed by atoms with Gasteiger partial charge in [0.05, 0.1) is 6.04 Å². The van der Waals surface area contributed by atoms with Gasteiger partial charge in [0.1, 0.15) is 5.82 Å². The minimum atomic E-state index is 0.0350. The van der Waals surface area contributed by atoms with Crippen LogP contribution >= 0.6 is 11.6 Å². The summed E-state index contributed by atoms with van der Waals surface area (Å²) in [5, 5.41) is 3.33. The zero-order valence-corrected chi connectivity index (χ0v) is 11.8. The Morgan fingerprint density at radius 1 is 1.21 bits per heavy atom. The van der Waals surface area contributed by atoms with E-state index in [1.807, 2.05) is 55.4 Å². The van der Waals surface area contributed by atoms with E-state index in [0.29, 0.717) is 11.8 Å². The predicted molar refractivity (Wildman–Crippen MR) is 79.9 cm³/mol. The van der Waals surface area contributed by atoms with Crippen molar-refractivity contribution in [3.8, 4) is 0 Å². The molecule has 1 heterocycles. The molecule has 0 aliphatic heterocycles. The van der Waals surface area contributed by atoms with Crippen LogP contribution in [0, 0.1) is 0 Å². The van der Waals surface area contributed by atoms with Crippen LogP contribution in [0.5, 0.6) is 0 Å². The molecule has 0 radical (unpaired) electrons. The minimum Gasteiger partial charge on any atom is -0.362 e. The van der Waals surface area contributed by atoms with Crippen molar-refractivity contribution in [1.82, 2.24) is 9.97 Å². The Bertz CT molecular complexity index is 516. The van der Waals surface area contributed by atoms with Gasteiger partial charge in [-0.3, -0.25) is 0 Å². The zero-order valence-electron chi connectivity index (χ0n) is 11.0. The molecule has 1 N–H and O–H groups in total. The second-order valence-electron chi connectivity index (χ2n) is 4.40. The first-order valence-electron chi connectivity index (χ1n) is 6.08. The van der Waals surface area contributed by atoms with Gasteiger partial charge in [-0.05, 0) is 11.6 Å². The van der Waals surface area contributed by atoms with E-state index in [0.717, 1.165) is 11.4 Å². The van der Waals surface area contributed by atoms with Crippen molar-refractivity contribution in [2.75, 3.05) is 30.2 Å². The molecule has 1 aromatic heterocycles. The van der Waals surface area contributed by atoms with Gasteiger partial charge in [0.15, 0.2) is 0 Å². The monoisotopic (exact) mass is 276 g/mol. The summed E-state index contributed by atoms with van der Waals surface area (Å²) in [6.45, 7) is 0. The summed E-state index contributed by atoms with van der Waals surface area (Å²) >= 11 is 6.04. The topological polar surface area (TPSA) is 41.1 Å². The molecule has 1 unspecified atom stereocenters. The molecule has 0 fully saturated rings. The number of anilines is 2. The molecule has 0 spiro atoms. The first-order chi connectivity index (χ1) is 9.20. The third kappa shape index (κ3) is 3.58. The fraction of sp³-hybridized carbons (Fsp3) is 0.286. The lowest BCUT2D eigenvalue weighted by molar-refractivity contribution is 0.875. The Morgan fingerprint density at radius 3 is 2.58 bits per heavy atom. The van der Waals surface area contributed by atoms with Crippen molar-refractivity contribution in [2.45, 2.75) is 6.04 Å². The van der Waals surface area contributed by atoms with Gasteiger partial charge < -0.3 is 10.2 Å². The van der Waals surface area contributed by atoms with Crippen LogP contribution in [0.15, 0.2) is 42.6 Å². The number of hydrogen-bond donors (Lipinski definition) is 1. The highest BCUT2D eigenvalue weighted by atomic mass is 35.5. The van der Waals surface area contributed by atoms with Crippen molar-refractivity contribution in [1.29, 1.82) is 0 Å². The smallest absolute Gasteiger partial charge is 0.226 e. The van der Waals surface area contributed by atoms with Crippen LogP contribution in [-0.2, 0) is 0 Å². The van der Waals surface area contributed by atoms with Gasteiger partial charge in [0.2, 0.25) is 5.95 Å². The van der Waals surface area contributed by atoms with Gasteiger partial charge in [-0.25, -0.2) is 4.98 Å². The Morgan fingerprint density at radius 2 is 1.95 bits per heavy atom. The molecule has 1 atom stereocenters. The van der Waals surface area contributed by atoms with Crippen LogP contribution in [0.1, 0.15) is 11.6 Å². The molecule has 2 rings (SSSR count). The van der Waals surface area contributed by atoms with E-state index in [4.69, 9.17) is 11.6 Å². The highest BCUT2D eigenvalue weighted by Crippen LogP contribution is 2.20. The summed E-state index contributed by atoms with van der Waals surface area (Å²) in [7, 11) is 3.82. The second-order valence-corrected chi connectivity index (χ2v) is 4.71. The molecule has 1 aromatic carbocycles. The number of benzene rings is 1. The quantitative estimate of drug-likeness (QED) is 0.853. The number of nitrogens with zero attached hydrogens (tertiary/aromatic N) is 3. The molecule has 0 saturated heterocycles. The summed E-state index contributed by atoms with van der Waals surface area (Å²) in [4.78, 5) is 10.5. The van der Waals surface area contributed by atoms with Gasteiger partial charge >= 0.3 is 0 Å². The van der Waals surface area contributed by atoms with Gasteiger partial charge in [-0.2, -0.15) is 4.98 Å². The molecular weight excluding hydrogens is 260 g/mol. The number of rotatable bonds is 5. The maximum absolute atomic E-state index is 6.04. The van der Waals surface area contributed by atoms with Crippen LogP contribution in [-0.4, -0.2) is 29.9 Å². The average molecular weight is 277 g/mol. The normalized spacial score (nSPS) is 11.9. The summed E-state index contributed by atoms with van der Waals surface area (Å²) in [5.41, 5.74) is 1.14. The lowest BCUT2D eigenvalue weighted by Gasteiger charge is -2.18. The summed E-state index contributed by atoms with van der Waals surface area (Å²) in [6.07, 6.45) is 1.74. The Labute approximate surface area is 118 Å². The van der Waals surface area contributed by atoms with Gasteiger partial charge in [0, 0.05) is 26.2 Å². The fourth-order valence-electron chi connectivity index (χ4n) is 1.72. The van der Waals surface area contributed by atoms with Gasteiger partial charge in [0.25, 0.3) is 0 Å². The third-order valence-corrected chi connectivity index (χ3v) is 3.03. The van der Waals surface area contributed by atoms with E-state index in [1.54, 1.807) is 6.20 Å². The molecule has 5 heteroatoms. The van der Waals surface area contributed by atoms with Crippen molar-refractivity contribution < 1.29 is 0 Å². The van der Waals surface area contributed by atoms with Crippen molar-refractivity contribution >= 4 is 23.4 Å². The number of nitrogens with one attached hydrogen (secondary N) is 1.